The standard InChI is InChI=1S/C21H24N2O5/c1-3-26-15-7-8-17-16(11-15)14(2)19(28-17)20(25)27-12-18(24)23-21(13-22)9-5-4-6-10-21/h7-8,11H,3-6,9-10,12H2,1-2H3,(H,23,24). The van der Waals surface area contributed by atoms with Gasteiger partial charge in [0.15, 0.2) is 6.61 Å². The predicted octanol–water partition coefficient (Wildman–Crippen LogP) is 3.64. The minimum atomic E-state index is -0.854. The molecule has 0 spiro atoms. The quantitative estimate of drug-likeness (QED) is 0.763. The average Bonchev–Trinajstić information content (AvgIpc) is 3.03. The highest BCUT2D eigenvalue weighted by Gasteiger charge is 2.34. The number of hydrogen-bond acceptors (Lipinski definition) is 6. The summed E-state index contributed by atoms with van der Waals surface area (Å²) in [7, 11) is 0. The van der Waals surface area contributed by atoms with Gasteiger partial charge in [-0.25, -0.2) is 4.79 Å². The molecule has 1 aliphatic rings. The number of furan rings is 1. The highest BCUT2D eigenvalue weighted by atomic mass is 16.5. The fourth-order valence-electron chi connectivity index (χ4n) is 3.57. The highest BCUT2D eigenvalue weighted by molar-refractivity contribution is 5.97. The number of esters is 1. The molecule has 1 amide bonds. The maximum atomic E-state index is 12.4. The van der Waals surface area contributed by atoms with Gasteiger partial charge >= 0.3 is 5.97 Å². The van der Waals surface area contributed by atoms with E-state index >= 15 is 0 Å². The minimum Gasteiger partial charge on any atom is -0.494 e. The van der Waals surface area contributed by atoms with E-state index in [0.717, 1.165) is 24.6 Å². The topological polar surface area (TPSA) is 102 Å². The zero-order chi connectivity index (χ0) is 20.1. The summed E-state index contributed by atoms with van der Waals surface area (Å²) in [5, 5.41) is 12.9. The summed E-state index contributed by atoms with van der Waals surface area (Å²) in [6.07, 6.45) is 4.10. The van der Waals surface area contributed by atoms with Gasteiger partial charge < -0.3 is 19.2 Å². The number of amides is 1. The molecule has 1 fully saturated rings. The lowest BCUT2D eigenvalue weighted by Crippen LogP contribution is -2.50. The molecule has 1 aromatic carbocycles. The third-order valence-corrected chi connectivity index (χ3v) is 5.04. The van der Waals surface area contributed by atoms with Crippen molar-refractivity contribution in [3.05, 3.63) is 29.5 Å². The second-order valence-corrected chi connectivity index (χ2v) is 7.03. The molecule has 0 saturated heterocycles. The molecule has 7 nitrogen and oxygen atoms in total. The summed E-state index contributed by atoms with van der Waals surface area (Å²) >= 11 is 0. The molecule has 3 rings (SSSR count). The fourth-order valence-corrected chi connectivity index (χ4v) is 3.57. The van der Waals surface area contributed by atoms with Crippen molar-refractivity contribution in [2.75, 3.05) is 13.2 Å². The molecule has 148 valence electrons. The van der Waals surface area contributed by atoms with E-state index in [9.17, 15) is 14.9 Å². The Balaban J connectivity index is 1.65. The van der Waals surface area contributed by atoms with E-state index in [4.69, 9.17) is 13.9 Å². The van der Waals surface area contributed by atoms with Crippen LogP contribution in [0.1, 0.15) is 55.1 Å². The molecule has 1 saturated carbocycles. The van der Waals surface area contributed by atoms with Gasteiger partial charge in [0.25, 0.3) is 5.91 Å². The summed E-state index contributed by atoms with van der Waals surface area (Å²) in [5.74, 6) is -0.447. The molecule has 28 heavy (non-hydrogen) atoms. The van der Waals surface area contributed by atoms with Crippen LogP contribution < -0.4 is 10.1 Å². The normalized spacial score (nSPS) is 15.6. The smallest absolute Gasteiger partial charge is 0.375 e. The zero-order valence-electron chi connectivity index (χ0n) is 16.2. The molecule has 7 heteroatoms. The lowest BCUT2D eigenvalue weighted by Gasteiger charge is -2.31. The monoisotopic (exact) mass is 384 g/mol. The number of ether oxygens (including phenoxy) is 2. The van der Waals surface area contributed by atoms with Gasteiger partial charge in [0.1, 0.15) is 16.9 Å². The Labute approximate surface area is 163 Å². The van der Waals surface area contributed by atoms with E-state index in [1.165, 1.54) is 0 Å². The Morgan fingerprint density at radius 1 is 1.29 bits per heavy atom. The molecule has 2 aromatic rings. The van der Waals surface area contributed by atoms with Crippen LogP contribution in [0.5, 0.6) is 5.75 Å². The molecule has 0 radical (unpaired) electrons. The van der Waals surface area contributed by atoms with Gasteiger partial charge in [-0.15, -0.1) is 0 Å². The molecule has 1 heterocycles. The van der Waals surface area contributed by atoms with Crippen molar-refractivity contribution in [1.82, 2.24) is 5.32 Å². The van der Waals surface area contributed by atoms with Gasteiger partial charge in [-0.3, -0.25) is 4.79 Å². The zero-order valence-corrected chi connectivity index (χ0v) is 16.2. The van der Waals surface area contributed by atoms with Gasteiger partial charge in [-0.05, 0) is 44.9 Å². The van der Waals surface area contributed by atoms with Crippen LogP contribution in [0, 0.1) is 18.3 Å². The van der Waals surface area contributed by atoms with Crippen LogP contribution in [0.3, 0.4) is 0 Å². The third kappa shape index (κ3) is 4.11. The van der Waals surface area contributed by atoms with Gasteiger partial charge in [-0.2, -0.15) is 5.26 Å². The molecule has 1 N–H and O–H groups in total. The Morgan fingerprint density at radius 2 is 2.04 bits per heavy atom. The third-order valence-electron chi connectivity index (χ3n) is 5.04. The van der Waals surface area contributed by atoms with E-state index in [1.807, 2.05) is 6.92 Å². The Kier molecular flexibility index (Phi) is 5.88. The van der Waals surface area contributed by atoms with Crippen LogP contribution in [0.15, 0.2) is 22.6 Å². The van der Waals surface area contributed by atoms with Gasteiger partial charge in [0, 0.05) is 10.9 Å². The van der Waals surface area contributed by atoms with E-state index in [2.05, 4.69) is 11.4 Å². The first-order valence-electron chi connectivity index (χ1n) is 9.53. The van der Waals surface area contributed by atoms with E-state index in [0.29, 0.717) is 36.3 Å². The number of aryl methyl sites for hydroxylation is 1. The Morgan fingerprint density at radius 3 is 2.71 bits per heavy atom. The summed E-state index contributed by atoms with van der Waals surface area (Å²) in [6, 6.07) is 7.51. The molecule has 1 aromatic heterocycles. The van der Waals surface area contributed by atoms with Crippen LogP contribution >= 0.6 is 0 Å². The van der Waals surface area contributed by atoms with Crippen LogP contribution in [-0.2, 0) is 9.53 Å². The van der Waals surface area contributed by atoms with Crippen molar-refractivity contribution in [1.29, 1.82) is 5.26 Å². The lowest BCUT2D eigenvalue weighted by atomic mass is 9.83. The van der Waals surface area contributed by atoms with Gasteiger partial charge in [-0.1, -0.05) is 19.3 Å². The second-order valence-electron chi connectivity index (χ2n) is 7.03. The number of fused-ring (bicyclic) bond motifs is 1. The summed E-state index contributed by atoms with van der Waals surface area (Å²) < 4.78 is 16.2. The van der Waals surface area contributed by atoms with Crippen molar-refractivity contribution < 1.29 is 23.5 Å². The van der Waals surface area contributed by atoms with E-state index in [-0.39, 0.29) is 5.76 Å². The lowest BCUT2D eigenvalue weighted by molar-refractivity contribution is -0.126. The average molecular weight is 384 g/mol. The molecule has 1 aliphatic carbocycles. The number of hydrogen-bond donors (Lipinski definition) is 1. The van der Waals surface area contributed by atoms with Crippen LogP contribution in [0.2, 0.25) is 0 Å². The molecule has 0 bridgehead atoms. The predicted molar refractivity (Wildman–Crippen MR) is 102 cm³/mol. The van der Waals surface area contributed by atoms with Crippen molar-refractivity contribution in [2.45, 2.75) is 51.5 Å². The van der Waals surface area contributed by atoms with Crippen molar-refractivity contribution >= 4 is 22.8 Å². The van der Waals surface area contributed by atoms with Crippen LogP contribution in [0.25, 0.3) is 11.0 Å². The first-order chi connectivity index (χ1) is 13.5. The molecule has 0 atom stereocenters. The summed E-state index contributed by atoms with van der Waals surface area (Å²) in [5.41, 5.74) is 0.318. The maximum absolute atomic E-state index is 12.4. The molecule has 0 unspecified atom stereocenters. The minimum absolute atomic E-state index is 0.0594. The fraction of sp³-hybridized carbons (Fsp3) is 0.476. The first-order valence-corrected chi connectivity index (χ1v) is 9.53. The molecule has 0 aliphatic heterocycles. The van der Waals surface area contributed by atoms with Gasteiger partial charge in [0.05, 0.1) is 12.7 Å². The number of nitrogens with one attached hydrogen (secondary N) is 1. The Hall–Kier alpha value is -3.01. The Bertz CT molecular complexity index is 919. The first kappa shape index (κ1) is 19.7. The second kappa shape index (κ2) is 8.34. The van der Waals surface area contributed by atoms with Crippen molar-refractivity contribution in [2.24, 2.45) is 0 Å². The largest absolute Gasteiger partial charge is 0.494 e. The number of nitrogens with zero attached hydrogens (tertiary/aromatic N) is 1. The maximum Gasteiger partial charge on any atom is 0.375 e. The molecular formula is C21H24N2O5. The van der Waals surface area contributed by atoms with Gasteiger partial charge in [0.2, 0.25) is 5.76 Å². The highest BCUT2D eigenvalue weighted by Crippen LogP contribution is 2.30. The van der Waals surface area contributed by atoms with Crippen LogP contribution in [0.4, 0.5) is 0 Å². The summed E-state index contributed by atoms with van der Waals surface area (Å²) in [6.45, 7) is 3.73. The van der Waals surface area contributed by atoms with Crippen LogP contribution in [-0.4, -0.2) is 30.6 Å². The van der Waals surface area contributed by atoms with E-state index < -0.39 is 24.0 Å². The SMILES string of the molecule is CCOc1ccc2oc(C(=O)OCC(=O)NC3(C#N)CCCCC3)c(C)c2c1. The van der Waals surface area contributed by atoms with Crippen molar-refractivity contribution in [3.63, 3.8) is 0 Å². The number of nitriles is 1. The number of benzene rings is 1. The van der Waals surface area contributed by atoms with Crippen molar-refractivity contribution in [3.8, 4) is 11.8 Å². The number of carbonyl (C=O) groups excluding carboxylic acids is 2. The summed E-state index contributed by atoms with van der Waals surface area (Å²) in [4.78, 5) is 24.6. The van der Waals surface area contributed by atoms with E-state index in [1.54, 1.807) is 25.1 Å². The molecular weight excluding hydrogens is 360 g/mol. The number of carbonyl (C=O) groups is 2. The number of rotatable bonds is 6.